The smallest absolute Gasteiger partial charge is 0.305 e. The van der Waals surface area contributed by atoms with E-state index in [4.69, 9.17) is 9.47 Å². The van der Waals surface area contributed by atoms with Gasteiger partial charge in [-0.1, -0.05) is 0 Å². The molecule has 6 heteroatoms. The molecule has 0 aromatic carbocycles. The molecular formula is C17H19N3O3. The molecule has 3 rings (SSSR count). The molecule has 0 bridgehead atoms. The zero-order valence-corrected chi connectivity index (χ0v) is 13.2. The van der Waals surface area contributed by atoms with E-state index in [0.29, 0.717) is 18.2 Å². The Hall–Kier alpha value is -2.63. The van der Waals surface area contributed by atoms with Gasteiger partial charge in [-0.15, -0.1) is 0 Å². The Balaban J connectivity index is 1.70. The fourth-order valence-electron chi connectivity index (χ4n) is 2.68. The van der Waals surface area contributed by atoms with E-state index in [2.05, 4.69) is 14.9 Å². The van der Waals surface area contributed by atoms with Crippen molar-refractivity contribution in [3.05, 3.63) is 36.7 Å². The van der Waals surface area contributed by atoms with E-state index in [1.807, 2.05) is 24.3 Å². The highest BCUT2D eigenvalue weighted by Crippen LogP contribution is 2.29. The monoisotopic (exact) mass is 313 g/mol. The molecule has 1 aliphatic rings. The molecule has 0 radical (unpaired) electrons. The van der Waals surface area contributed by atoms with Crippen molar-refractivity contribution in [3.8, 4) is 17.1 Å². The van der Waals surface area contributed by atoms with Gasteiger partial charge in [-0.3, -0.25) is 9.78 Å². The minimum atomic E-state index is -0.144. The first-order chi connectivity index (χ1) is 11.2. The molecule has 0 atom stereocenters. The van der Waals surface area contributed by atoms with Crippen LogP contribution in [0, 0.1) is 5.92 Å². The van der Waals surface area contributed by atoms with Gasteiger partial charge in [0, 0.05) is 48.7 Å². The van der Waals surface area contributed by atoms with Crippen LogP contribution in [0.4, 0.5) is 5.69 Å². The summed E-state index contributed by atoms with van der Waals surface area (Å²) >= 11 is 0. The second-order valence-corrected chi connectivity index (χ2v) is 5.54. The standard InChI is InChI=1S/C17H19N3O3/c1-22-16-8-13(3-5-19-16)15-9-14(4-6-18-15)20-10-12(11-20)7-17(21)23-2/h3-6,8-9,12H,7,10-11H2,1-2H3. The van der Waals surface area contributed by atoms with Crippen LogP contribution >= 0.6 is 0 Å². The number of ether oxygens (including phenoxy) is 2. The van der Waals surface area contributed by atoms with Gasteiger partial charge >= 0.3 is 5.97 Å². The summed E-state index contributed by atoms with van der Waals surface area (Å²) in [5.74, 6) is 0.783. The van der Waals surface area contributed by atoms with Crippen molar-refractivity contribution in [3.63, 3.8) is 0 Å². The first-order valence-electron chi connectivity index (χ1n) is 7.48. The second-order valence-electron chi connectivity index (χ2n) is 5.54. The van der Waals surface area contributed by atoms with Crippen LogP contribution in [0.25, 0.3) is 11.3 Å². The summed E-state index contributed by atoms with van der Waals surface area (Å²) in [6.45, 7) is 1.72. The van der Waals surface area contributed by atoms with Crippen LogP contribution in [0.1, 0.15) is 6.42 Å². The first-order valence-corrected chi connectivity index (χ1v) is 7.48. The van der Waals surface area contributed by atoms with Gasteiger partial charge in [0.2, 0.25) is 5.88 Å². The fourth-order valence-corrected chi connectivity index (χ4v) is 2.68. The molecule has 0 aliphatic carbocycles. The lowest BCUT2D eigenvalue weighted by atomic mass is 9.95. The van der Waals surface area contributed by atoms with Crippen molar-refractivity contribution < 1.29 is 14.3 Å². The largest absolute Gasteiger partial charge is 0.481 e. The van der Waals surface area contributed by atoms with Gasteiger partial charge in [0.1, 0.15) is 0 Å². The van der Waals surface area contributed by atoms with Crippen molar-refractivity contribution in [2.75, 3.05) is 32.2 Å². The third kappa shape index (κ3) is 3.41. The van der Waals surface area contributed by atoms with Crippen LogP contribution < -0.4 is 9.64 Å². The molecule has 0 amide bonds. The number of carbonyl (C=O) groups is 1. The normalized spacial score (nSPS) is 14.3. The van der Waals surface area contributed by atoms with E-state index in [0.717, 1.165) is 30.0 Å². The Kier molecular flexibility index (Phi) is 4.41. The molecule has 6 nitrogen and oxygen atoms in total. The predicted molar refractivity (Wildman–Crippen MR) is 86.4 cm³/mol. The maximum atomic E-state index is 11.3. The van der Waals surface area contributed by atoms with Crippen LogP contribution in [0.15, 0.2) is 36.7 Å². The van der Waals surface area contributed by atoms with Gasteiger partial charge < -0.3 is 14.4 Å². The van der Waals surface area contributed by atoms with Crippen molar-refractivity contribution >= 4 is 11.7 Å². The van der Waals surface area contributed by atoms with E-state index in [-0.39, 0.29) is 5.97 Å². The second kappa shape index (κ2) is 6.64. The Morgan fingerprint density at radius 1 is 1.22 bits per heavy atom. The zero-order valence-electron chi connectivity index (χ0n) is 13.2. The molecule has 0 N–H and O–H groups in total. The van der Waals surface area contributed by atoms with Crippen molar-refractivity contribution in [2.24, 2.45) is 5.92 Å². The summed E-state index contributed by atoms with van der Waals surface area (Å²) in [5, 5.41) is 0. The van der Waals surface area contributed by atoms with Gasteiger partial charge in [0.05, 0.1) is 26.3 Å². The molecule has 1 fully saturated rings. The molecule has 2 aromatic heterocycles. The highest BCUT2D eigenvalue weighted by molar-refractivity contribution is 5.70. The summed E-state index contributed by atoms with van der Waals surface area (Å²) in [4.78, 5) is 22.1. The Bertz CT molecular complexity index is 699. The summed E-state index contributed by atoms with van der Waals surface area (Å²) in [5.41, 5.74) is 2.94. The van der Waals surface area contributed by atoms with Crippen molar-refractivity contribution in [1.29, 1.82) is 0 Å². The molecule has 0 saturated carbocycles. The van der Waals surface area contributed by atoms with Crippen LogP contribution in [0.3, 0.4) is 0 Å². The number of methoxy groups -OCH3 is 2. The number of hydrogen-bond acceptors (Lipinski definition) is 6. The molecule has 23 heavy (non-hydrogen) atoms. The van der Waals surface area contributed by atoms with Gasteiger partial charge in [-0.2, -0.15) is 0 Å². The number of carbonyl (C=O) groups excluding carboxylic acids is 1. The molecule has 0 unspecified atom stereocenters. The number of rotatable bonds is 5. The number of pyridine rings is 2. The van der Waals surface area contributed by atoms with E-state index >= 15 is 0 Å². The highest BCUT2D eigenvalue weighted by Gasteiger charge is 2.29. The summed E-state index contributed by atoms with van der Waals surface area (Å²) in [6, 6.07) is 7.80. The number of esters is 1. The molecule has 0 spiro atoms. The topological polar surface area (TPSA) is 64.5 Å². The number of nitrogens with zero attached hydrogens (tertiary/aromatic N) is 3. The maximum absolute atomic E-state index is 11.3. The highest BCUT2D eigenvalue weighted by atomic mass is 16.5. The van der Waals surface area contributed by atoms with Gasteiger partial charge in [0.25, 0.3) is 0 Å². The van der Waals surface area contributed by atoms with Crippen molar-refractivity contribution in [2.45, 2.75) is 6.42 Å². The Morgan fingerprint density at radius 2 is 2.00 bits per heavy atom. The number of hydrogen-bond donors (Lipinski definition) is 0. The van der Waals surface area contributed by atoms with Gasteiger partial charge in [-0.05, 0) is 18.2 Å². The molecule has 120 valence electrons. The van der Waals surface area contributed by atoms with E-state index in [1.165, 1.54) is 7.11 Å². The van der Waals surface area contributed by atoms with Crippen LogP contribution in [0.2, 0.25) is 0 Å². The van der Waals surface area contributed by atoms with Crippen molar-refractivity contribution in [1.82, 2.24) is 9.97 Å². The minimum absolute atomic E-state index is 0.144. The molecular weight excluding hydrogens is 294 g/mol. The van der Waals surface area contributed by atoms with Gasteiger partial charge in [-0.25, -0.2) is 4.98 Å². The minimum Gasteiger partial charge on any atom is -0.481 e. The van der Waals surface area contributed by atoms with Crippen LogP contribution in [-0.4, -0.2) is 43.2 Å². The number of aromatic nitrogens is 2. The Morgan fingerprint density at radius 3 is 2.74 bits per heavy atom. The summed E-state index contributed by atoms with van der Waals surface area (Å²) < 4.78 is 9.87. The zero-order chi connectivity index (χ0) is 16.2. The lowest BCUT2D eigenvalue weighted by Crippen LogP contribution is -2.47. The third-order valence-electron chi connectivity index (χ3n) is 3.99. The average molecular weight is 313 g/mol. The summed E-state index contributed by atoms with van der Waals surface area (Å²) in [7, 11) is 3.02. The average Bonchev–Trinajstić information content (AvgIpc) is 2.57. The molecule has 1 saturated heterocycles. The summed E-state index contributed by atoms with van der Waals surface area (Å²) in [6.07, 6.45) is 3.98. The van der Waals surface area contributed by atoms with Crippen LogP contribution in [-0.2, 0) is 9.53 Å². The maximum Gasteiger partial charge on any atom is 0.305 e. The number of anilines is 1. The SMILES string of the molecule is COC(=O)CC1CN(c2ccnc(-c3ccnc(OC)c3)c2)C1. The van der Waals surface area contributed by atoms with Crippen LogP contribution in [0.5, 0.6) is 5.88 Å². The molecule has 3 heterocycles. The predicted octanol–water partition coefficient (Wildman–Crippen LogP) is 2.15. The van der Waals surface area contributed by atoms with E-state index in [1.54, 1.807) is 19.5 Å². The molecule has 1 aliphatic heterocycles. The third-order valence-corrected chi connectivity index (χ3v) is 3.99. The Labute approximate surface area is 135 Å². The van der Waals surface area contributed by atoms with Gasteiger partial charge in [0.15, 0.2) is 0 Å². The quantitative estimate of drug-likeness (QED) is 0.788. The fraction of sp³-hybridized carbons (Fsp3) is 0.353. The lowest BCUT2D eigenvalue weighted by molar-refractivity contribution is -0.141. The lowest BCUT2D eigenvalue weighted by Gasteiger charge is -2.40. The van der Waals surface area contributed by atoms with E-state index in [9.17, 15) is 4.79 Å². The first kappa shape index (κ1) is 15.3. The van der Waals surface area contributed by atoms with E-state index < -0.39 is 0 Å². The molecule has 2 aromatic rings.